The Bertz CT molecular complexity index is 1450. The van der Waals surface area contributed by atoms with Crippen LogP contribution in [-0.4, -0.2) is 52.4 Å². The van der Waals surface area contributed by atoms with E-state index >= 15 is 0 Å². The van der Waals surface area contributed by atoms with Crippen molar-refractivity contribution in [3.05, 3.63) is 74.3 Å². The topological polar surface area (TPSA) is 112 Å². The first-order valence-corrected chi connectivity index (χ1v) is 12.9. The molecule has 3 aromatic rings. The van der Waals surface area contributed by atoms with Crippen LogP contribution in [0.25, 0.3) is 10.9 Å². The lowest BCUT2D eigenvalue weighted by molar-refractivity contribution is -0.119. The molecule has 1 fully saturated rings. The average Bonchev–Trinajstić information content (AvgIpc) is 3.30. The molecule has 1 amide bonds. The fourth-order valence-corrected chi connectivity index (χ4v) is 5.38. The van der Waals surface area contributed by atoms with Crippen LogP contribution in [0.4, 0.5) is 10.1 Å². The number of carboxylic acids is 1. The van der Waals surface area contributed by atoms with Crippen molar-refractivity contribution >= 4 is 40.1 Å². The Morgan fingerprint density at radius 3 is 2.61 bits per heavy atom. The van der Waals surface area contributed by atoms with E-state index in [4.69, 9.17) is 11.6 Å². The van der Waals surface area contributed by atoms with Crippen LogP contribution in [0.15, 0.2) is 41.3 Å². The molecule has 38 heavy (non-hydrogen) atoms. The van der Waals surface area contributed by atoms with Gasteiger partial charge in [-0.15, -0.1) is 0 Å². The summed E-state index contributed by atoms with van der Waals surface area (Å²) < 4.78 is 16.6. The summed E-state index contributed by atoms with van der Waals surface area (Å²) in [6, 6.07) is 7.60. The number of pyridine rings is 1. The first-order chi connectivity index (χ1) is 18.0. The quantitative estimate of drug-likeness (QED) is 0.396. The highest BCUT2D eigenvalue weighted by Crippen LogP contribution is 2.34. The zero-order valence-electron chi connectivity index (χ0n) is 21.5. The molecule has 0 saturated carbocycles. The molecule has 1 aliphatic rings. The van der Waals surface area contributed by atoms with E-state index in [9.17, 15) is 29.0 Å². The standard InChI is InChI=1S/C28H31ClFN3O5/c1-15(2)25(14-34)33-13-21(28(37)38)27(36)20-10-18(9-17-5-4-6-22(29)26(17)30)23(11-24(20)33)32-8-7-19(12-32)31-16(3)35/h4-6,10-11,13,15,19,25,34H,7-9,12,14H2,1-3H3,(H,31,35)(H,37,38)/t19-,25+/m0/s1. The number of hydrogen-bond donors (Lipinski definition) is 3. The van der Waals surface area contributed by atoms with Gasteiger partial charge < -0.3 is 25.0 Å². The average molecular weight is 544 g/mol. The number of nitrogens with zero attached hydrogens (tertiary/aromatic N) is 2. The predicted molar refractivity (Wildman–Crippen MR) is 145 cm³/mol. The number of hydrogen-bond acceptors (Lipinski definition) is 5. The van der Waals surface area contributed by atoms with Gasteiger partial charge in [0.25, 0.3) is 0 Å². The van der Waals surface area contributed by atoms with E-state index < -0.39 is 28.8 Å². The third-order valence-electron chi connectivity index (χ3n) is 7.13. The fourth-order valence-electron chi connectivity index (χ4n) is 5.19. The summed E-state index contributed by atoms with van der Waals surface area (Å²) in [4.78, 5) is 39.0. The van der Waals surface area contributed by atoms with Crippen LogP contribution in [0.2, 0.25) is 5.02 Å². The van der Waals surface area contributed by atoms with Crippen LogP contribution < -0.4 is 15.6 Å². The molecule has 4 rings (SSSR count). The van der Waals surface area contributed by atoms with Gasteiger partial charge in [-0.25, -0.2) is 9.18 Å². The van der Waals surface area contributed by atoms with E-state index in [0.29, 0.717) is 36.2 Å². The van der Waals surface area contributed by atoms with Gasteiger partial charge in [0.1, 0.15) is 11.4 Å². The van der Waals surface area contributed by atoms with E-state index in [1.807, 2.05) is 13.8 Å². The highest BCUT2D eigenvalue weighted by Gasteiger charge is 2.28. The molecule has 2 aromatic carbocycles. The minimum Gasteiger partial charge on any atom is -0.477 e. The molecule has 2 atom stereocenters. The maximum Gasteiger partial charge on any atom is 0.341 e. The first-order valence-electron chi connectivity index (χ1n) is 12.5. The largest absolute Gasteiger partial charge is 0.477 e. The van der Waals surface area contributed by atoms with Gasteiger partial charge in [-0.2, -0.15) is 0 Å². The number of halogens is 2. The van der Waals surface area contributed by atoms with E-state index in [0.717, 1.165) is 5.69 Å². The number of nitrogens with one attached hydrogen (secondary N) is 1. The number of carbonyl (C=O) groups is 2. The zero-order valence-corrected chi connectivity index (χ0v) is 22.3. The summed E-state index contributed by atoms with van der Waals surface area (Å²) in [5.41, 5.74) is 1.11. The van der Waals surface area contributed by atoms with Crippen molar-refractivity contribution in [3.8, 4) is 0 Å². The smallest absolute Gasteiger partial charge is 0.341 e. The molecule has 1 aliphatic heterocycles. The van der Waals surface area contributed by atoms with Crippen molar-refractivity contribution < 1.29 is 24.2 Å². The SMILES string of the molecule is CC(=O)N[C@H]1CCN(c2cc3c(cc2Cc2cccc(Cl)c2F)c(=O)c(C(=O)O)cn3[C@H](CO)C(C)C)C1. The molecular formula is C28H31ClFN3O5. The second kappa shape index (κ2) is 11.1. The Kier molecular flexibility index (Phi) is 8.08. The first kappa shape index (κ1) is 27.6. The van der Waals surface area contributed by atoms with Gasteiger partial charge in [0, 0.05) is 49.7 Å². The van der Waals surface area contributed by atoms with Crippen LogP contribution in [0.5, 0.6) is 0 Å². The summed E-state index contributed by atoms with van der Waals surface area (Å²) in [6.07, 6.45) is 2.11. The van der Waals surface area contributed by atoms with Gasteiger partial charge in [0.05, 0.1) is 23.2 Å². The molecule has 8 nitrogen and oxygen atoms in total. The second-order valence-corrected chi connectivity index (χ2v) is 10.5. The summed E-state index contributed by atoms with van der Waals surface area (Å²) in [7, 11) is 0. The highest BCUT2D eigenvalue weighted by molar-refractivity contribution is 6.30. The van der Waals surface area contributed by atoms with Crippen LogP contribution in [0.1, 0.15) is 54.7 Å². The summed E-state index contributed by atoms with van der Waals surface area (Å²) in [5.74, 6) is -2.12. The van der Waals surface area contributed by atoms with Crippen molar-refractivity contribution in [1.82, 2.24) is 9.88 Å². The minimum absolute atomic E-state index is 0.0185. The van der Waals surface area contributed by atoms with Gasteiger partial charge in [-0.1, -0.05) is 37.6 Å². The van der Waals surface area contributed by atoms with Gasteiger partial charge in [0.2, 0.25) is 11.3 Å². The number of aliphatic hydroxyl groups excluding tert-OH is 1. The fraction of sp³-hybridized carbons (Fsp3) is 0.393. The molecular weight excluding hydrogens is 513 g/mol. The molecule has 10 heteroatoms. The van der Waals surface area contributed by atoms with E-state index in [2.05, 4.69) is 10.2 Å². The monoisotopic (exact) mass is 543 g/mol. The van der Waals surface area contributed by atoms with Crippen molar-refractivity contribution in [2.45, 2.75) is 45.7 Å². The number of fused-ring (bicyclic) bond motifs is 1. The molecule has 0 aliphatic carbocycles. The van der Waals surface area contributed by atoms with Crippen molar-refractivity contribution in [2.75, 3.05) is 24.6 Å². The van der Waals surface area contributed by atoms with Gasteiger partial charge >= 0.3 is 5.97 Å². The third kappa shape index (κ3) is 5.39. The summed E-state index contributed by atoms with van der Waals surface area (Å²) >= 11 is 6.02. The zero-order chi connectivity index (χ0) is 27.7. The predicted octanol–water partition coefficient (Wildman–Crippen LogP) is 3.99. The summed E-state index contributed by atoms with van der Waals surface area (Å²) in [6.45, 7) is 6.15. The van der Waals surface area contributed by atoms with Gasteiger partial charge in [-0.05, 0) is 41.7 Å². The van der Waals surface area contributed by atoms with Crippen LogP contribution in [0, 0.1) is 11.7 Å². The Hall–Kier alpha value is -3.43. The van der Waals surface area contributed by atoms with Gasteiger partial charge in [0.15, 0.2) is 0 Å². The number of carbonyl (C=O) groups excluding carboxylic acids is 1. The minimum atomic E-state index is -1.37. The Morgan fingerprint density at radius 1 is 1.24 bits per heavy atom. The Labute approximate surface area is 224 Å². The lowest BCUT2D eigenvalue weighted by Crippen LogP contribution is -2.35. The Balaban J connectivity index is 1.98. The second-order valence-electron chi connectivity index (χ2n) is 10.1. The number of benzene rings is 2. The Morgan fingerprint density at radius 2 is 1.97 bits per heavy atom. The molecule has 202 valence electrons. The normalized spacial score (nSPS) is 16.3. The number of rotatable bonds is 8. The number of carboxylic acid groups (broad SMARTS) is 1. The van der Waals surface area contributed by atoms with E-state index in [-0.39, 0.29) is 41.3 Å². The number of aliphatic hydroxyl groups is 1. The van der Waals surface area contributed by atoms with Crippen molar-refractivity contribution in [1.29, 1.82) is 0 Å². The molecule has 1 aromatic heterocycles. The molecule has 0 unspecified atom stereocenters. The third-order valence-corrected chi connectivity index (χ3v) is 7.42. The molecule has 0 radical (unpaired) electrons. The molecule has 1 saturated heterocycles. The lowest BCUT2D eigenvalue weighted by atomic mass is 9.97. The van der Waals surface area contributed by atoms with E-state index in [1.165, 1.54) is 19.2 Å². The van der Waals surface area contributed by atoms with Crippen molar-refractivity contribution in [3.63, 3.8) is 0 Å². The van der Waals surface area contributed by atoms with Gasteiger partial charge in [-0.3, -0.25) is 9.59 Å². The van der Waals surface area contributed by atoms with Crippen LogP contribution in [0.3, 0.4) is 0 Å². The number of amides is 1. The number of aromatic nitrogens is 1. The summed E-state index contributed by atoms with van der Waals surface area (Å²) in [5, 5.41) is 23.0. The molecule has 0 bridgehead atoms. The number of aromatic carboxylic acids is 1. The van der Waals surface area contributed by atoms with Crippen LogP contribution >= 0.6 is 11.6 Å². The molecule has 0 spiro atoms. The maximum atomic E-state index is 14.9. The van der Waals surface area contributed by atoms with Crippen LogP contribution in [-0.2, 0) is 11.2 Å². The number of anilines is 1. The molecule has 3 N–H and O–H groups in total. The highest BCUT2D eigenvalue weighted by atomic mass is 35.5. The van der Waals surface area contributed by atoms with Crippen molar-refractivity contribution in [2.24, 2.45) is 5.92 Å². The maximum absolute atomic E-state index is 14.9. The lowest BCUT2D eigenvalue weighted by Gasteiger charge is -2.28. The molecule has 2 heterocycles. The van der Waals surface area contributed by atoms with E-state index in [1.54, 1.807) is 28.8 Å².